The van der Waals surface area contributed by atoms with Crippen LogP contribution in [0.4, 0.5) is 0 Å². The lowest BCUT2D eigenvalue weighted by Crippen LogP contribution is -2.14. The lowest BCUT2D eigenvalue weighted by atomic mass is 9.86. The van der Waals surface area contributed by atoms with Crippen molar-refractivity contribution in [3.8, 4) is 0 Å². The maximum absolute atomic E-state index is 9.45. The Morgan fingerprint density at radius 2 is 1.20 bits per heavy atom. The molecule has 0 aliphatic heterocycles. The first kappa shape index (κ1) is 11.4. The van der Waals surface area contributed by atoms with Crippen molar-refractivity contribution < 1.29 is 5.11 Å². The predicted molar refractivity (Wildman–Crippen MR) is 63.7 cm³/mol. The van der Waals surface area contributed by atoms with Crippen molar-refractivity contribution in [3.63, 3.8) is 0 Å². The maximum Gasteiger partial charge on any atom is 0.0459 e. The van der Waals surface area contributed by atoms with Crippen LogP contribution in [0.1, 0.15) is 64.2 Å². The van der Waals surface area contributed by atoms with Crippen molar-refractivity contribution in [3.05, 3.63) is 0 Å². The normalized spacial score (nSPS) is 24.4. The first-order chi connectivity index (χ1) is 7.38. The fourth-order valence-corrected chi connectivity index (χ4v) is 3.68. The highest BCUT2D eigenvalue weighted by Gasteiger charge is 2.23. The van der Waals surface area contributed by atoms with Crippen molar-refractivity contribution >= 4 is 0 Å². The van der Waals surface area contributed by atoms with Crippen LogP contribution in [0.25, 0.3) is 0 Å². The summed E-state index contributed by atoms with van der Waals surface area (Å²) >= 11 is 0. The molecule has 2 aliphatic carbocycles. The molecule has 0 unspecified atom stereocenters. The molecule has 2 rings (SSSR count). The Morgan fingerprint density at radius 1 is 0.800 bits per heavy atom. The molecule has 2 saturated carbocycles. The number of aliphatic hydroxyl groups is 1. The van der Waals surface area contributed by atoms with E-state index in [0.717, 1.165) is 11.8 Å². The minimum atomic E-state index is 0.438. The van der Waals surface area contributed by atoms with Crippen LogP contribution in [0.2, 0.25) is 0 Å². The zero-order valence-electron chi connectivity index (χ0n) is 9.96. The molecule has 0 aromatic heterocycles. The minimum Gasteiger partial charge on any atom is -0.396 e. The highest BCUT2D eigenvalue weighted by atomic mass is 16.3. The monoisotopic (exact) mass is 210 g/mol. The summed E-state index contributed by atoms with van der Waals surface area (Å²) < 4.78 is 0. The van der Waals surface area contributed by atoms with Crippen molar-refractivity contribution in [2.24, 2.45) is 17.8 Å². The molecule has 0 heterocycles. The fraction of sp³-hybridized carbons (Fsp3) is 1.00. The van der Waals surface area contributed by atoms with Gasteiger partial charge in [-0.25, -0.2) is 0 Å². The molecule has 0 saturated heterocycles. The Bertz CT molecular complexity index is 148. The Labute approximate surface area is 94.3 Å². The topological polar surface area (TPSA) is 20.2 Å². The van der Waals surface area contributed by atoms with Gasteiger partial charge in [0.1, 0.15) is 0 Å². The van der Waals surface area contributed by atoms with Gasteiger partial charge in [-0.1, -0.05) is 51.4 Å². The molecule has 15 heavy (non-hydrogen) atoms. The van der Waals surface area contributed by atoms with Crippen molar-refractivity contribution in [2.75, 3.05) is 6.61 Å². The molecular formula is C14H26O. The van der Waals surface area contributed by atoms with E-state index in [1.807, 2.05) is 0 Å². The molecule has 2 fully saturated rings. The standard InChI is InChI=1S/C14H26O/c15-11-14(9-12-5-1-2-6-12)10-13-7-3-4-8-13/h12-15H,1-11H2. The van der Waals surface area contributed by atoms with Crippen LogP contribution in [-0.4, -0.2) is 11.7 Å². The average Bonchev–Trinajstić information content (AvgIpc) is 2.89. The van der Waals surface area contributed by atoms with Gasteiger partial charge in [-0.2, -0.15) is 0 Å². The summed E-state index contributed by atoms with van der Waals surface area (Å²) in [5, 5.41) is 9.45. The third kappa shape index (κ3) is 3.48. The molecule has 0 amide bonds. The summed E-state index contributed by atoms with van der Waals surface area (Å²) in [6.45, 7) is 0.438. The van der Waals surface area contributed by atoms with Crippen LogP contribution in [-0.2, 0) is 0 Å². The molecule has 0 radical (unpaired) electrons. The average molecular weight is 210 g/mol. The van der Waals surface area contributed by atoms with Gasteiger partial charge in [0.2, 0.25) is 0 Å². The van der Waals surface area contributed by atoms with E-state index in [0.29, 0.717) is 12.5 Å². The lowest BCUT2D eigenvalue weighted by Gasteiger charge is -2.21. The molecule has 88 valence electrons. The molecule has 1 nitrogen and oxygen atoms in total. The molecule has 0 spiro atoms. The second-order valence-electron chi connectivity index (χ2n) is 5.82. The van der Waals surface area contributed by atoms with Crippen LogP contribution in [0, 0.1) is 17.8 Å². The quantitative estimate of drug-likeness (QED) is 0.732. The highest BCUT2D eigenvalue weighted by Crippen LogP contribution is 2.35. The van der Waals surface area contributed by atoms with E-state index in [2.05, 4.69) is 0 Å². The van der Waals surface area contributed by atoms with E-state index in [-0.39, 0.29) is 0 Å². The van der Waals surface area contributed by atoms with Gasteiger partial charge in [-0.05, 0) is 30.6 Å². The summed E-state index contributed by atoms with van der Waals surface area (Å²) in [6.07, 6.45) is 14.1. The Balaban J connectivity index is 1.70. The largest absolute Gasteiger partial charge is 0.396 e. The van der Waals surface area contributed by atoms with Gasteiger partial charge in [0.05, 0.1) is 0 Å². The van der Waals surface area contributed by atoms with Crippen molar-refractivity contribution in [1.29, 1.82) is 0 Å². The van der Waals surface area contributed by atoms with Crippen LogP contribution in [0.3, 0.4) is 0 Å². The molecule has 2 aliphatic rings. The van der Waals surface area contributed by atoms with E-state index < -0.39 is 0 Å². The van der Waals surface area contributed by atoms with E-state index in [4.69, 9.17) is 0 Å². The number of hydrogen-bond acceptors (Lipinski definition) is 1. The summed E-state index contributed by atoms with van der Waals surface area (Å²) in [6, 6.07) is 0. The molecule has 1 heteroatoms. The molecular weight excluding hydrogens is 184 g/mol. The van der Waals surface area contributed by atoms with Gasteiger partial charge >= 0.3 is 0 Å². The van der Waals surface area contributed by atoms with Gasteiger partial charge < -0.3 is 5.11 Å². The molecule has 1 N–H and O–H groups in total. The molecule has 0 bridgehead atoms. The Hall–Kier alpha value is -0.0400. The predicted octanol–water partition coefficient (Wildman–Crippen LogP) is 3.76. The van der Waals surface area contributed by atoms with Crippen LogP contribution in [0.5, 0.6) is 0 Å². The van der Waals surface area contributed by atoms with E-state index >= 15 is 0 Å². The smallest absolute Gasteiger partial charge is 0.0459 e. The third-order valence-corrected chi connectivity index (χ3v) is 4.54. The second kappa shape index (κ2) is 5.89. The Morgan fingerprint density at radius 3 is 1.53 bits per heavy atom. The van der Waals surface area contributed by atoms with E-state index in [9.17, 15) is 5.11 Å². The van der Waals surface area contributed by atoms with Gasteiger partial charge in [0.15, 0.2) is 0 Å². The minimum absolute atomic E-state index is 0.438. The molecule has 0 aromatic rings. The van der Waals surface area contributed by atoms with Crippen LogP contribution >= 0.6 is 0 Å². The van der Waals surface area contributed by atoms with E-state index in [1.165, 1.54) is 64.2 Å². The van der Waals surface area contributed by atoms with Crippen molar-refractivity contribution in [1.82, 2.24) is 0 Å². The van der Waals surface area contributed by atoms with Crippen LogP contribution in [0.15, 0.2) is 0 Å². The second-order valence-corrected chi connectivity index (χ2v) is 5.82. The van der Waals surface area contributed by atoms with Gasteiger partial charge in [0.25, 0.3) is 0 Å². The zero-order chi connectivity index (χ0) is 10.5. The van der Waals surface area contributed by atoms with Crippen LogP contribution < -0.4 is 0 Å². The highest BCUT2D eigenvalue weighted by molar-refractivity contribution is 4.75. The lowest BCUT2D eigenvalue weighted by molar-refractivity contribution is 0.175. The number of hydrogen-bond donors (Lipinski definition) is 1. The fourth-order valence-electron chi connectivity index (χ4n) is 3.68. The first-order valence-electron chi connectivity index (χ1n) is 6.99. The van der Waals surface area contributed by atoms with Crippen molar-refractivity contribution in [2.45, 2.75) is 64.2 Å². The zero-order valence-corrected chi connectivity index (χ0v) is 9.96. The van der Waals surface area contributed by atoms with Gasteiger partial charge in [-0.15, -0.1) is 0 Å². The molecule has 0 aromatic carbocycles. The summed E-state index contributed by atoms with van der Waals surface area (Å²) in [4.78, 5) is 0. The summed E-state index contributed by atoms with van der Waals surface area (Å²) in [7, 11) is 0. The number of rotatable bonds is 5. The molecule has 0 atom stereocenters. The first-order valence-corrected chi connectivity index (χ1v) is 6.99. The summed E-state index contributed by atoms with van der Waals surface area (Å²) in [5.74, 6) is 2.52. The number of aliphatic hydroxyl groups excluding tert-OH is 1. The summed E-state index contributed by atoms with van der Waals surface area (Å²) in [5.41, 5.74) is 0. The van der Waals surface area contributed by atoms with E-state index in [1.54, 1.807) is 0 Å². The van der Waals surface area contributed by atoms with Gasteiger partial charge in [0, 0.05) is 6.61 Å². The third-order valence-electron chi connectivity index (χ3n) is 4.54. The maximum atomic E-state index is 9.45. The SMILES string of the molecule is OCC(CC1CCCC1)CC1CCCC1. The Kier molecular flexibility index (Phi) is 4.49. The van der Waals surface area contributed by atoms with Gasteiger partial charge in [-0.3, -0.25) is 0 Å².